The molecule has 0 unspecified atom stereocenters. The first-order valence-electron chi connectivity index (χ1n) is 8.74. The SMILES string of the molecule is CC(C)c1ccc(Nc2ncc(C(=O)N3CCN(C=O)CC3)cn2)cc1. The van der Waals surface area contributed by atoms with Gasteiger partial charge in [0.2, 0.25) is 12.4 Å². The second-order valence-electron chi connectivity index (χ2n) is 6.63. The van der Waals surface area contributed by atoms with Crippen LogP contribution in [-0.4, -0.2) is 58.3 Å². The molecule has 7 heteroatoms. The van der Waals surface area contributed by atoms with Crippen LogP contribution in [0.15, 0.2) is 36.7 Å². The highest BCUT2D eigenvalue weighted by Crippen LogP contribution is 2.19. The van der Waals surface area contributed by atoms with E-state index in [1.54, 1.807) is 9.80 Å². The molecule has 2 aromatic rings. The summed E-state index contributed by atoms with van der Waals surface area (Å²) in [6.07, 6.45) is 3.89. The highest BCUT2D eigenvalue weighted by Gasteiger charge is 2.21. The van der Waals surface area contributed by atoms with E-state index in [2.05, 4.69) is 41.3 Å². The Labute approximate surface area is 153 Å². The highest BCUT2D eigenvalue weighted by molar-refractivity contribution is 5.93. The van der Waals surface area contributed by atoms with E-state index in [4.69, 9.17) is 0 Å². The molecule has 1 aromatic carbocycles. The summed E-state index contributed by atoms with van der Waals surface area (Å²) in [6, 6.07) is 8.13. The molecule has 2 amide bonds. The van der Waals surface area contributed by atoms with Crippen molar-refractivity contribution in [3.63, 3.8) is 0 Å². The maximum absolute atomic E-state index is 12.5. The molecule has 136 valence electrons. The lowest BCUT2D eigenvalue weighted by Gasteiger charge is -2.32. The maximum atomic E-state index is 12.5. The molecule has 7 nitrogen and oxygen atoms in total. The van der Waals surface area contributed by atoms with Gasteiger partial charge in [-0.1, -0.05) is 26.0 Å². The summed E-state index contributed by atoms with van der Waals surface area (Å²) in [7, 11) is 0. The molecule has 1 aromatic heterocycles. The van der Waals surface area contributed by atoms with Gasteiger partial charge < -0.3 is 15.1 Å². The highest BCUT2D eigenvalue weighted by atomic mass is 16.2. The third kappa shape index (κ3) is 4.17. The number of amides is 2. The first kappa shape index (κ1) is 17.8. The van der Waals surface area contributed by atoms with E-state index in [1.807, 2.05) is 12.1 Å². The van der Waals surface area contributed by atoms with Crippen molar-refractivity contribution in [3.8, 4) is 0 Å². The summed E-state index contributed by atoms with van der Waals surface area (Å²) < 4.78 is 0. The summed E-state index contributed by atoms with van der Waals surface area (Å²) >= 11 is 0. The molecule has 26 heavy (non-hydrogen) atoms. The number of piperazine rings is 1. The van der Waals surface area contributed by atoms with Crippen molar-refractivity contribution in [2.45, 2.75) is 19.8 Å². The minimum absolute atomic E-state index is 0.108. The van der Waals surface area contributed by atoms with E-state index in [-0.39, 0.29) is 5.91 Å². The van der Waals surface area contributed by atoms with Gasteiger partial charge in [-0.15, -0.1) is 0 Å². The maximum Gasteiger partial charge on any atom is 0.257 e. The number of hydrogen-bond donors (Lipinski definition) is 1. The molecule has 0 bridgehead atoms. The molecular formula is C19H23N5O2. The van der Waals surface area contributed by atoms with Crippen LogP contribution in [0.5, 0.6) is 0 Å². The summed E-state index contributed by atoms with van der Waals surface area (Å²) in [5, 5.41) is 3.14. The van der Waals surface area contributed by atoms with Crippen LogP contribution in [0.3, 0.4) is 0 Å². The fourth-order valence-electron chi connectivity index (χ4n) is 2.80. The molecule has 0 atom stereocenters. The van der Waals surface area contributed by atoms with Gasteiger partial charge in [0.1, 0.15) is 0 Å². The predicted octanol–water partition coefficient (Wildman–Crippen LogP) is 2.26. The number of anilines is 2. The zero-order chi connectivity index (χ0) is 18.5. The molecule has 2 heterocycles. The monoisotopic (exact) mass is 353 g/mol. The Balaban J connectivity index is 1.61. The predicted molar refractivity (Wildman–Crippen MR) is 99.4 cm³/mol. The number of carbonyl (C=O) groups excluding carboxylic acids is 2. The zero-order valence-electron chi connectivity index (χ0n) is 15.1. The van der Waals surface area contributed by atoms with Gasteiger partial charge in [-0.2, -0.15) is 0 Å². The number of carbonyl (C=O) groups is 2. The van der Waals surface area contributed by atoms with Crippen LogP contribution in [0.1, 0.15) is 35.7 Å². The number of nitrogens with zero attached hydrogens (tertiary/aromatic N) is 4. The van der Waals surface area contributed by atoms with Crippen molar-refractivity contribution in [3.05, 3.63) is 47.8 Å². The largest absolute Gasteiger partial charge is 0.342 e. The second-order valence-corrected chi connectivity index (χ2v) is 6.63. The van der Waals surface area contributed by atoms with Gasteiger partial charge in [0.25, 0.3) is 5.91 Å². The van der Waals surface area contributed by atoms with Crippen LogP contribution in [0.25, 0.3) is 0 Å². The van der Waals surface area contributed by atoms with Crippen LogP contribution in [-0.2, 0) is 4.79 Å². The van der Waals surface area contributed by atoms with Gasteiger partial charge in [0, 0.05) is 44.3 Å². The average Bonchev–Trinajstić information content (AvgIpc) is 2.68. The van der Waals surface area contributed by atoms with Crippen LogP contribution in [0, 0.1) is 0 Å². The van der Waals surface area contributed by atoms with Crippen LogP contribution >= 0.6 is 0 Å². The average molecular weight is 353 g/mol. The third-order valence-electron chi connectivity index (χ3n) is 4.48. The first-order valence-corrected chi connectivity index (χ1v) is 8.74. The van der Waals surface area contributed by atoms with Crippen molar-refractivity contribution < 1.29 is 9.59 Å². The van der Waals surface area contributed by atoms with Gasteiger partial charge in [-0.25, -0.2) is 9.97 Å². The smallest absolute Gasteiger partial charge is 0.257 e. The lowest BCUT2D eigenvalue weighted by Crippen LogP contribution is -2.48. The summed E-state index contributed by atoms with van der Waals surface area (Å²) in [5.41, 5.74) is 2.62. The fourth-order valence-corrected chi connectivity index (χ4v) is 2.80. The fraction of sp³-hybridized carbons (Fsp3) is 0.368. The molecule has 0 spiro atoms. The molecule has 1 aliphatic rings. The van der Waals surface area contributed by atoms with Crippen LogP contribution in [0.4, 0.5) is 11.6 Å². The first-order chi connectivity index (χ1) is 12.6. The van der Waals surface area contributed by atoms with E-state index in [9.17, 15) is 9.59 Å². The van der Waals surface area contributed by atoms with E-state index >= 15 is 0 Å². The number of aromatic nitrogens is 2. The van der Waals surface area contributed by atoms with Gasteiger partial charge >= 0.3 is 0 Å². The van der Waals surface area contributed by atoms with E-state index in [0.717, 1.165) is 12.1 Å². The summed E-state index contributed by atoms with van der Waals surface area (Å²) in [5.74, 6) is 0.826. The van der Waals surface area contributed by atoms with Crippen molar-refractivity contribution in [1.82, 2.24) is 19.8 Å². The summed E-state index contributed by atoms with van der Waals surface area (Å²) in [6.45, 7) is 6.48. The van der Waals surface area contributed by atoms with E-state index < -0.39 is 0 Å². The molecule has 0 aliphatic carbocycles. The van der Waals surface area contributed by atoms with Gasteiger partial charge in [0.15, 0.2) is 0 Å². The second kappa shape index (κ2) is 7.95. The lowest BCUT2D eigenvalue weighted by atomic mass is 10.0. The number of rotatable bonds is 5. The van der Waals surface area contributed by atoms with Crippen molar-refractivity contribution in [2.75, 3.05) is 31.5 Å². The molecule has 1 N–H and O–H groups in total. The lowest BCUT2D eigenvalue weighted by molar-refractivity contribution is -0.119. The van der Waals surface area contributed by atoms with Crippen molar-refractivity contribution >= 4 is 24.0 Å². The Bertz CT molecular complexity index is 751. The Morgan fingerprint density at radius 2 is 1.69 bits per heavy atom. The Hall–Kier alpha value is -2.96. The Morgan fingerprint density at radius 1 is 1.08 bits per heavy atom. The minimum atomic E-state index is -0.108. The van der Waals surface area contributed by atoms with E-state index in [0.29, 0.717) is 43.6 Å². The normalized spacial score (nSPS) is 14.4. The van der Waals surface area contributed by atoms with Gasteiger partial charge in [-0.3, -0.25) is 9.59 Å². The van der Waals surface area contributed by atoms with Gasteiger partial charge in [-0.05, 0) is 23.6 Å². The Morgan fingerprint density at radius 3 is 2.23 bits per heavy atom. The Kier molecular flexibility index (Phi) is 5.46. The molecule has 3 rings (SSSR count). The number of hydrogen-bond acceptors (Lipinski definition) is 5. The topological polar surface area (TPSA) is 78.4 Å². The molecule has 1 fully saturated rings. The zero-order valence-corrected chi connectivity index (χ0v) is 15.1. The molecular weight excluding hydrogens is 330 g/mol. The molecule has 1 aliphatic heterocycles. The van der Waals surface area contributed by atoms with E-state index in [1.165, 1.54) is 18.0 Å². The quantitative estimate of drug-likeness (QED) is 0.834. The van der Waals surface area contributed by atoms with Crippen LogP contribution < -0.4 is 5.32 Å². The summed E-state index contributed by atoms with van der Waals surface area (Å²) in [4.78, 5) is 35.1. The molecule has 0 saturated carbocycles. The standard InChI is InChI=1S/C19H23N5O2/c1-14(2)15-3-5-17(6-4-15)22-19-20-11-16(12-21-19)18(26)24-9-7-23(13-25)8-10-24/h3-6,11-14H,7-10H2,1-2H3,(H,20,21,22). The number of nitrogens with one attached hydrogen (secondary N) is 1. The third-order valence-corrected chi connectivity index (χ3v) is 4.48. The van der Waals surface area contributed by atoms with Crippen molar-refractivity contribution in [2.24, 2.45) is 0 Å². The number of benzene rings is 1. The van der Waals surface area contributed by atoms with Gasteiger partial charge in [0.05, 0.1) is 5.56 Å². The van der Waals surface area contributed by atoms with Crippen molar-refractivity contribution in [1.29, 1.82) is 0 Å². The van der Waals surface area contributed by atoms with Crippen LogP contribution in [0.2, 0.25) is 0 Å². The molecule has 0 radical (unpaired) electrons. The molecule has 1 saturated heterocycles. The minimum Gasteiger partial charge on any atom is -0.342 e.